The van der Waals surface area contributed by atoms with Crippen LogP contribution in [0.25, 0.3) is 10.4 Å². The van der Waals surface area contributed by atoms with Gasteiger partial charge in [0.15, 0.2) is 6.23 Å². The van der Waals surface area contributed by atoms with Crippen LogP contribution in [0, 0.1) is 0 Å². The lowest BCUT2D eigenvalue weighted by molar-refractivity contribution is -0.264. The van der Waals surface area contributed by atoms with Crippen molar-refractivity contribution in [1.82, 2.24) is 0 Å². The van der Waals surface area contributed by atoms with Crippen LogP contribution in [0.15, 0.2) is 5.11 Å². The second-order valence-corrected chi connectivity index (χ2v) is 7.77. The van der Waals surface area contributed by atoms with Crippen LogP contribution in [0.3, 0.4) is 0 Å². The minimum absolute atomic E-state index is 0.327. The second-order valence-electron chi connectivity index (χ2n) is 7.77. The highest BCUT2D eigenvalue weighted by Crippen LogP contribution is 2.30. The Morgan fingerprint density at radius 3 is 1.77 bits per heavy atom. The third kappa shape index (κ3) is 9.94. The van der Waals surface area contributed by atoms with Gasteiger partial charge in [-0.2, -0.15) is 0 Å². The maximum Gasteiger partial charge on any atom is 0.165 e. The minimum Gasteiger partial charge on any atom is -0.379 e. The van der Waals surface area contributed by atoms with E-state index in [1.807, 2.05) is 0 Å². The largest absolute Gasteiger partial charge is 0.379 e. The molecule has 0 spiro atoms. The highest BCUT2D eigenvalue weighted by Gasteiger charge is 2.47. The van der Waals surface area contributed by atoms with Crippen molar-refractivity contribution < 1.29 is 23.7 Å². The fourth-order valence-corrected chi connectivity index (χ4v) is 3.28. The Labute approximate surface area is 182 Å². The molecule has 176 valence electrons. The maximum absolute atomic E-state index is 9.10. The highest BCUT2D eigenvalue weighted by molar-refractivity contribution is 4.95. The molecule has 0 radical (unpaired) electrons. The van der Waals surface area contributed by atoms with Gasteiger partial charge in [0.1, 0.15) is 24.4 Å². The maximum atomic E-state index is 9.10. The number of rotatable bonds is 18. The van der Waals surface area contributed by atoms with Crippen molar-refractivity contribution in [3.63, 3.8) is 0 Å². The Hall–Kier alpha value is -0.890. The first-order valence-electron chi connectivity index (χ1n) is 11.9. The summed E-state index contributed by atoms with van der Waals surface area (Å²) in [6, 6.07) is 0. The van der Waals surface area contributed by atoms with E-state index in [1.54, 1.807) is 0 Å². The second kappa shape index (κ2) is 17.8. The van der Waals surface area contributed by atoms with Gasteiger partial charge in [0, 0.05) is 31.3 Å². The van der Waals surface area contributed by atoms with Crippen LogP contribution in [-0.2, 0) is 23.7 Å². The summed E-state index contributed by atoms with van der Waals surface area (Å²) in [6.07, 6.45) is 5.68. The number of nitrogens with zero attached hydrogens (tertiary/aromatic N) is 3. The highest BCUT2D eigenvalue weighted by atomic mass is 16.6. The van der Waals surface area contributed by atoms with Gasteiger partial charge in [-0.3, -0.25) is 0 Å². The predicted octanol–water partition coefficient (Wildman–Crippen LogP) is 5.39. The Bertz CT molecular complexity index is 462. The molecule has 30 heavy (non-hydrogen) atoms. The third-order valence-corrected chi connectivity index (χ3v) is 5.12. The average molecular weight is 430 g/mol. The van der Waals surface area contributed by atoms with Gasteiger partial charge in [0.05, 0.1) is 6.61 Å². The van der Waals surface area contributed by atoms with Gasteiger partial charge < -0.3 is 23.7 Å². The molecule has 0 aromatic rings. The van der Waals surface area contributed by atoms with Crippen LogP contribution in [0.4, 0.5) is 0 Å². The summed E-state index contributed by atoms with van der Waals surface area (Å²) in [5, 5.41) is 3.89. The van der Waals surface area contributed by atoms with E-state index in [0.717, 1.165) is 51.4 Å². The summed E-state index contributed by atoms with van der Waals surface area (Å²) in [5.41, 5.74) is 9.10. The molecule has 0 aliphatic carbocycles. The summed E-state index contributed by atoms with van der Waals surface area (Å²) in [5.74, 6) is 0. The van der Waals surface area contributed by atoms with Gasteiger partial charge in [-0.25, -0.2) is 0 Å². The van der Waals surface area contributed by atoms with Crippen molar-refractivity contribution in [1.29, 1.82) is 0 Å². The first-order valence-corrected chi connectivity index (χ1v) is 11.9. The van der Waals surface area contributed by atoms with Crippen molar-refractivity contribution in [2.45, 2.75) is 110 Å². The lowest BCUT2D eigenvalue weighted by atomic mass is 9.97. The summed E-state index contributed by atoms with van der Waals surface area (Å²) < 4.78 is 30.7. The lowest BCUT2D eigenvalue weighted by Gasteiger charge is -2.45. The van der Waals surface area contributed by atoms with E-state index < -0.39 is 12.3 Å². The quantitative estimate of drug-likeness (QED) is 0.126. The molecule has 1 aliphatic heterocycles. The molecule has 5 atom stereocenters. The van der Waals surface area contributed by atoms with Gasteiger partial charge in [-0.1, -0.05) is 58.5 Å². The van der Waals surface area contributed by atoms with Crippen molar-refractivity contribution in [3.8, 4) is 0 Å². The molecular weight excluding hydrogens is 386 g/mol. The number of ether oxygens (including phenoxy) is 5. The summed E-state index contributed by atoms with van der Waals surface area (Å²) >= 11 is 0. The molecule has 0 amide bonds. The average Bonchev–Trinajstić information content (AvgIpc) is 2.75. The van der Waals surface area contributed by atoms with Crippen LogP contribution in [0.5, 0.6) is 0 Å². The predicted molar refractivity (Wildman–Crippen MR) is 117 cm³/mol. The van der Waals surface area contributed by atoms with Crippen LogP contribution in [0.1, 0.15) is 79.1 Å². The molecule has 0 bridgehead atoms. The molecule has 3 unspecified atom stereocenters. The van der Waals surface area contributed by atoms with Crippen molar-refractivity contribution >= 4 is 0 Å². The fraction of sp³-hybridized carbons (Fsp3) is 1.00. The normalized spacial score (nSPS) is 26.5. The molecule has 8 nitrogen and oxygen atoms in total. The van der Waals surface area contributed by atoms with Crippen LogP contribution in [-0.4, -0.2) is 63.7 Å². The zero-order valence-corrected chi connectivity index (χ0v) is 19.5. The van der Waals surface area contributed by atoms with E-state index in [4.69, 9.17) is 29.2 Å². The van der Waals surface area contributed by atoms with E-state index in [9.17, 15) is 0 Å². The van der Waals surface area contributed by atoms with E-state index in [2.05, 4.69) is 37.7 Å². The smallest absolute Gasteiger partial charge is 0.165 e. The molecule has 0 N–H and O–H groups in total. The van der Waals surface area contributed by atoms with Crippen molar-refractivity contribution in [2.24, 2.45) is 5.11 Å². The molecule has 0 aromatic heterocycles. The third-order valence-electron chi connectivity index (χ3n) is 5.12. The zero-order chi connectivity index (χ0) is 22.0. The van der Waals surface area contributed by atoms with Gasteiger partial charge in [-0.15, -0.1) is 0 Å². The number of hydrogen-bond donors (Lipinski definition) is 0. The van der Waals surface area contributed by atoms with E-state index >= 15 is 0 Å². The van der Waals surface area contributed by atoms with Crippen LogP contribution in [0.2, 0.25) is 0 Å². The van der Waals surface area contributed by atoms with Crippen molar-refractivity contribution in [3.05, 3.63) is 10.4 Å². The molecule has 8 heteroatoms. The molecular formula is C22H43N3O5. The van der Waals surface area contributed by atoms with Crippen LogP contribution >= 0.6 is 0 Å². The van der Waals surface area contributed by atoms with E-state index in [0.29, 0.717) is 33.0 Å². The zero-order valence-electron chi connectivity index (χ0n) is 19.5. The lowest BCUT2D eigenvalue weighted by Crippen LogP contribution is -2.61. The van der Waals surface area contributed by atoms with Gasteiger partial charge in [0.2, 0.25) is 0 Å². The van der Waals surface area contributed by atoms with Crippen molar-refractivity contribution in [2.75, 3.05) is 33.0 Å². The number of azide groups is 1. The Kier molecular flexibility index (Phi) is 16.1. The topological polar surface area (TPSA) is 94.9 Å². The SMILES string of the molecule is CCCCOCC1O[C@@H](N=[N+]=[N-])C(OCCCC)C(OCCCC)[C@H]1OCCCC. The summed E-state index contributed by atoms with van der Waals surface area (Å²) in [4.78, 5) is 3.00. The molecule has 1 aliphatic rings. The Balaban J connectivity index is 3.03. The molecule has 1 saturated heterocycles. The molecule has 1 rings (SSSR count). The minimum atomic E-state index is -0.760. The Morgan fingerprint density at radius 2 is 1.23 bits per heavy atom. The molecule has 1 heterocycles. The summed E-state index contributed by atoms with van der Waals surface area (Å²) in [6.45, 7) is 11.3. The Morgan fingerprint density at radius 1 is 0.733 bits per heavy atom. The molecule has 0 saturated carbocycles. The van der Waals surface area contributed by atoms with Gasteiger partial charge in [-0.05, 0) is 31.2 Å². The number of unbranched alkanes of at least 4 members (excludes halogenated alkanes) is 4. The number of hydrogen-bond acceptors (Lipinski definition) is 6. The first kappa shape index (κ1) is 27.1. The van der Waals surface area contributed by atoms with Gasteiger partial charge in [0.25, 0.3) is 0 Å². The molecule has 1 fully saturated rings. The monoisotopic (exact) mass is 429 g/mol. The van der Waals surface area contributed by atoms with E-state index in [1.165, 1.54) is 0 Å². The van der Waals surface area contributed by atoms with E-state index in [-0.39, 0.29) is 18.3 Å². The standard InChI is InChI=1S/C22H43N3O5/c1-5-9-13-26-17-18-19(27-14-10-6-2)20(28-15-11-7-3)21(29-16-12-8-4)22(30-18)24-25-23/h18-22H,5-17H2,1-4H3/t18?,19-,20?,21?,22+/m0/s1. The first-order chi connectivity index (χ1) is 14.7. The van der Waals surface area contributed by atoms with Crippen LogP contribution < -0.4 is 0 Å². The fourth-order valence-electron chi connectivity index (χ4n) is 3.28. The van der Waals surface area contributed by atoms with Gasteiger partial charge >= 0.3 is 0 Å². The summed E-state index contributed by atoms with van der Waals surface area (Å²) in [7, 11) is 0. The molecule has 0 aromatic carbocycles.